The number of hydrazine groups is 1. The molecule has 0 saturated heterocycles. The van der Waals surface area contributed by atoms with Crippen LogP contribution in [0.3, 0.4) is 0 Å². The molecule has 1 aromatic carbocycles. The van der Waals surface area contributed by atoms with E-state index in [1.54, 1.807) is 6.08 Å². The Morgan fingerprint density at radius 2 is 2.00 bits per heavy atom. The molecule has 0 saturated carbocycles. The van der Waals surface area contributed by atoms with Crippen LogP contribution in [0.4, 0.5) is 0 Å². The number of benzene rings is 1. The lowest BCUT2D eigenvalue weighted by Gasteiger charge is -2.25. The van der Waals surface area contributed by atoms with Crippen LogP contribution >= 0.6 is 0 Å². The van der Waals surface area contributed by atoms with Crippen molar-refractivity contribution in [2.45, 2.75) is 12.5 Å². The second-order valence-electron chi connectivity index (χ2n) is 4.46. The van der Waals surface area contributed by atoms with Crippen LogP contribution in [0.1, 0.15) is 12.0 Å². The topological polar surface area (TPSA) is 75.7 Å². The molecule has 0 aliphatic carbocycles. The maximum Gasteiger partial charge on any atom is 0.240 e. The molecule has 0 radical (unpaired) electrons. The molecule has 22 heavy (non-hydrogen) atoms. The molecular formula is C16H20N2O4. The highest BCUT2D eigenvalue weighted by Gasteiger charge is 2.26. The van der Waals surface area contributed by atoms with Crippen molar-refractivity contribution in [2.75, 3.05) is 20.8 Å². The van der Waals surface area contributed by atoms with Crippen LogP contribution in [-0.4, -0.2) is 49.8 Å². The van der Waals surface area contributed by atoms with Crippen LogP contribution in [0.15, 0.2) is 36.4 Å². The van der Waals surface area contributed by atoms with Crippen molar-refractivity contribution in [1.82, 2.24) is 10.4 Å². The van der Waals surface area contributed by atoms with E-state index in [1.807, 2.05) is 30.3 Å². The molecule has 6 nitrogen and oxygen atoms in total. The van der Waals surface area contributed by atoms with E-state index < -0.39 is 11.8 Å². The van der Waals surface area contributed by atoms with Gasteiger partial charge in [0.15, 0.2) is 18.1 Å². The molecule has 1 N–H and O–H groups in total. The Kier molecular flexibility index (Phi) is 7.74. The SMILES string of the molecule is CNN(C(=O)CCOC)C(C=O)C(=O)C=Cc1ccccc1. The number of hydrogen-bond donors (Lipinski definition) is 1. The van der Waals surface area contributed by atoms with Crippen LogP contribution in [0.2, 0.25) is 0 Å². The summed E-state index contributed by atoms with van der Waals surface area (Å²) in [4.78, 5) is 35.3. The molecule has 6 heteroatoms. The summed E-state index contributed by atoms with van der Waals surface area (Å²) in [6.45, 7) is 0.219. The van der Waals surface area contributed by atoms with E-state index in [2.05, 4.69) is 5.43 Å². The molecule has 0 aliphatic heterocycles. The summed E-state index contributed by atoms with van der Waals surface area (Å²) in [6, 6.07) is 8.02. The van der Waals surface area contributed by atoms with Gasteiger partial charge in [0.2, 0.25) is 5.91 Å². The lowest BCUT2D eigenvalue weighted by molar-refractivity contribution is -0.144. The number of amides is 1. The van der Waals surface area contributed by atoms with Crippen LogP contribution in [0.5, 0.6) is 0 Å². The van der Waals surface area contributed by atoms with Crippen molar-refractivity contribution in [1.29, 1.82) is 0 Å². The molecular weight excluding hydrogens is 284 g/mol. The van der Waals surface area contributed by atoms with Gasteiger partial charge in [-0.05, 0) is 11.6 Å². The highest BCUT2D eigenvalue weighted by Crippen LogP contribution is 2.04. The van der Waals surface area contributed by atoms with E-state index in [9.17, 15) is 14.4 Å². The molecule has 1 unspecified atom stereocenters. The van der Waals surface area contributed by atoms with Gasteiger partial charge in [-0.2, -0.15) is 0 Å². The molecule has 0 fully saturated rings. The number of ether oxygens (including phenoxy) is 1. The Morgan fingerprint density at radius 1 is 1.32 bits per heavy atom. The van der Waals surface area contributed by atoms with Crippen molar-refractivity contribution in [3.8, 4) is 0 Å². The van der Waals surface area contributed by atoms with Gasteiger partial charge in [0.25, 0.3) is 0 Å². The van der Waals surface area contributed by atoms with Crippen molar-refractivity contribution in [3.05, 3.63) is 42.0 Å². The lowest BCUT2D eigenvalue weighted by Crippen LogP contribution is -2.52. The number of nitrogens with one attached hydrogen (secondary N) is 1. The van der Waals surface area contributed by atoms with Gasteiger partial charge in [-0.25, -0.2) is 5.43 Å². The summed E-state index contributed by atoms with van der Waals surface area (Å²) in [5.74, 6) is -0.859. The number of carbonyl (C=O) groups is 3. The fraction of sp³-hybridized carbons (Fsp3) is 0.312. The van der Waals surface area contributed by atoms with Gasteiger partial charge in [0.05, 0.1) is 13.0 Å². The van der Waals surface area contributed by atoms with Gasteiger partial charge < -0.3 is 9.53 Å². The standard InChI is InChI=1S/C16H20N2O4/c1-17-18(16(21)10-11-22-2)14(12-19)15(20)9-8-13-6-4-3-5-7-13/h3-9,12,14,17H,10-11H2,1-2H3. The molecule has 1 rings (SSSR count). The number of hydrogen-bond acceptors (Lipinski definition) is 5. The largest absolute Gasteiger partial charge is 0.384 e. The van der Waals surface area contributed by atoms with E-state index >= 15 is 0 Å². The van der Waals surface area contributed by atoms with E-state index in [-0.39, 0.29) is 18.9 Å². The van der Waals surface area contributed by atoms with E-state index in [4.69, 9.17) is 4.74 Å². The smallest absolute Gasteiger partial charge is 0.240 e. The third-order valence-electron chi connectivity index (χ3n) is 2.97. The fourth-order valence-corrected chi connectivity index (χ4v) is 1.82. The van der Waals surface area contributed by atoms with Crippen molar-refractivity contribution in [2.24, 2.45) is 0 Å². The maximum absolute atomic E-state index is 12.1. The summed E-state index contributed by atoms with van der Waals surface area (Å²) in [5.41, 5.74) is 3.42. The first-order chi connectivity index (χ1) is 10.6. The number of aldehydes is 1. The van der Waals surface area contributed by atoms with E-state index in [1.165, 1.54) is 20.2 Å². The Bertz CT molecular complexity index is 528. The lowest BCUT2D eigenvalue weighted by atomic mass is 10.1. The Morgan fingerprint density at radius 3 is 2.55 bits per heavy atom. The molecule has 1 atom stereocenters. The third kappa shape index (κ3) is 5.23. The van der Waals surface area contributed by atoms with Gasteiger partial charge in [-0.15, -0.1) is 0 Å². The highest BCUT2D eigenvalue weighted by atomic mass is 16.5. The molecule has 0 heterocycles. The molecule has 0 aromatic heterocycles. The van der Waals surface area contributed by atoms with Gasteiger partial charge >= 0.3 is 0 Å². The quantitative estimate of drug-likeness (QED) is 0.317. The Balaban J connectivity index is 2.79. The molecule has 0 bridgehead atoms. The van der Waals surface area contributed by atoms with Crippen LogP contribution in [0.25, 0.3) is 6.08 Å². The van der Waals surface area contributed by atoms with Crippen molar-refractivity contribution in [3.63, 3.8) is 0 Å². The van der Waals surface area contributed by atoms with E-state index in [0.717, 1.165) is 10.6 Å². The first-order valence-electron chi connectivity index (χ1n) is 6.84. The zero-order valence-corrected chi connectivity index (χ0v) is 12.7. The number of carbonyl (C=O) groups excluding carboxylic acids is 3. The fourth-order valence-electron chi connectivity index (χ4n) is 1.82. The van der Waals surface area contributed by atoms with E-state index in [0.29, 0.717) is 6.29 Å². The van der Waals surface area contributed by atoms with Gasteiger partial charge in [0, 0.05) is 14.2 Å². The number of nitrogens with zero attached hydrogens (tertiary/aromatic N) is 1. The van der Waals surface area contributed by atoms with Crippen LogP contribution < -0.4 is 5.43 Å². The second kappa shape index (κ2) is 9.59. The maximum atomic E-state index is 12.1. The van der Waals surface area contributed by atoms with Gasteiger partial charge in [0.1, 0.15) is 0 Å². The Hall–Kier alpha value is -2.31. The predicted molar refractivity (Wildman–Crippen MR) is 82.7 cm³/mol. The van der Waals surface area contributed by atoms with Crippen molar-refractivity contribution >= 4 is 24.1 Å². The van der Waals surface area contributed by atoms with Crippen LogP contribution in [0, 0.1) is 0 Å². The molecule has 1 amide bonds. The molecule has 0 spiro atoms. The number of methoxy groups -OCH3 is 1. The Labute approximate surface area is 129 Å². The highest BCUT2D eigenvalue weighted by molar-refractivity contribution is 6.08. The van der Waals surface area contributed by atoms with Gasteiger partial charge in [-0.3, -0.25) is 14.6 Å². The minimum Gasteiger partial charge on any atom is -0.384 e. The first kappa shape index (κ1) is 17.7. The summed E-state index contributed by atoms with van der Waals surface area (Å²) in [6.07, 6.45) is 3.42. The van der Waals surface area contributed by atoms with Gasteiger partial charge in [-0.1, -0.05) is 36.4 Å². The molecule has 1 aromatic rings. The minimum absolute atomic E-state index is 0.0807. The van der Waals surface area contributed by atoms with Crippen LogP contribution in [-0.2, 0) is 19.1 Å². The minimum atomic E-state index is -1.20. The molecule has 118 valence electrons. The van der Waals surface area contributed by atoms with Crippen molar-refractivity contribution < 1.29 is 19.1 Å². The summed E-state index contributed by atoms with van der Waals surface area (Å²) in [5, 5.41) is 1.02. The summed E-state index contributed by atoms with van der Waals surface area (Å²) < 4.78 is 4.82. The summed E-state index contributed by atoms with van der Waals surface area (Å²) >= 11 is 0. The second-order valence-corrected chi connectivity index (χ2v) is 4.46. The average Bonchev–Trinajstić information content (AvgIpc) is 2.56. The zero-order valence-electron chi connectivity index (χ0n) is 12.7. The number of ketones is 1. The number of rotatable bonds is 9. The normalized spacial score (nSPS) is 12.1. The monoisotopic (exact) mass is 304 g/mol. The third-order valence-corrected chi connectivity index (χ3v) is 2.97. The summed E-state index contributed by atoms with van der Waals surface area (Å²) in [7, 11) is 2.96. The average molecular weight is 304 g/mol. The zero-order chi connectivity index (χ0) is 16.4. The first-order valence-corrected chi connectivity index (χ1v) is 6.84. The predicted octanol–water partition coefficient (Wildman–Crippen LogP) is 0.836. The molecule has 0 aliphatic rings.